The van der Waals surface area contributed by atoms with E-state index in [0.717, 1.165) is 29.5 Å². The number of rotatable bonds is 5. The minimum Gasteiger partial charge on any atom is -0.490 e. The van der Waals surface area contributed by atoms with Crippen molar-refractivity contribution in [1.29, 1.82) is 0 Å². The molecule has 1 N–H and O–H groups in total. The van der Waals surface area contributed by atoms with Gasteiger partial charge in [-0.1, -0.05) is 36.4 Å². The topological polar surface area (TPSA) is 50.7 Å². The third-order valence-corrected chi connectivity index (χ3v) is 4.92. The fourth-order valence-corrected chi connectivity index (χ4v) is 3.43. The molecule has 1 saturated heterocycles. The number of benzene rings is 2. The number of nitrogens with one attached hydrogen (secondary N) is 1. The van der Waals surface area contributed by atoms with Crippen LogP contribution in [0.2, 0.25) is 5.02 Å². The maximum atomic E-state index is 13.0. The molecule has 0 unspecified atom stereocenters. The first kappa shape index (κ1) is 21.0. The molecule has 0 saturated carbocycles. The number of nitrogens with zero attached hydrogens (tertiary/aromatic N) is 1. The zero-order valence-electron chi connectivity index (χ0n) is 14.8. The van der Waals surface area contributed by atoms with Crippen molar-refractivity contribution in [3.05, 3.63) is 76.2 Å². The van der Waals surface area contributed by atoms with Crippen LogP contribution >= 0.6 is 23.4 Å². The minimum atomic E-state index is -4.59. The second kappa shape index (κ2) is 8.75. The summed E-state index contributed by atoms with van der Waals surface area (Å²) in [5.41, 5.74) is -0.180. The van der Waals surface area contributed by atoms with Crippen LogP contribution in [0.1, 0.15) is 11.1 Å². The van der Waals surface area contributed by atoms with Gasteiger partial charge in [0, 0.05) is 0 Å². The lowest BCUT2D eigenvalue weighted by atomic mass is 10.2. The molecule has 4 nitrogen and oxygen atoms in total. The molecule has 1 amide bonds. The van der Waals surface area contributed by atoms with Gasteiger partial charge in [-0.25, -0.2) is 4.99 Å². The van der Waals surface area contributed by atoms with Gasteiger partial charge in [-0.05, 0) is 53.7 Å². The van der Waals surface area contributed by atoms with Crippen molar-refractivity contribution < 1.29 is 22.7 Å². The average molecular weight is 439 g/mol. The highest BCUT2D eigenvalue weighted by molar-refractivity contribution is 8.18. The fraction of sp³-hybridized carbons (Fsp3) is 0.100. The first-order valence-electron chi connectivity index (χ1n) is 8.26. The highest BCUT2D eigenvalue weighted by Crippen LogP contribution is 2.37. The Hall–Kier alpha value is -2.71. The highest BCUT2D eigenvalue weighted by Gasteiger charge is 2.33. The molecule has 0 aromatic heterocycles. The SMILES string of the molecule is C=CCOc1ccc(/C=C2\SC(=Nc3ccc(Cl)c(C(F)(F)F)c3)NC2=O)cc1. The van der Waals surface area contributed by atoms with Crippen molar-refractivity contribution in [1.82, 2.24) is 5.32 Å². The lowest BCUT2D eigenvalue weighted by molar-refractivity contribution is -0.137. The Balaban J connectivity index is 1.78. The van der Waals surface area contributed by atoms with Gasteiger partial charge >= 0.3 is 6.18 Å². The lowest BCUT2D eigenvalue weighted by Crippen LogP contribution is -2.19. The van der Waals surface area contributed by atoms with E-state index in [-0.39, 0.29) is 16.8 Å². The summed E-state index contributed by atoms with van der Waals surface area (Å²) in [6.45, 7) is 3.96. The molecule has 9 heteroatoms. The average Bonchev–Trinajstić information content (AvgIpc) is 3.00. The predicted octanol–water partition coefficient (Wildman–Crippen LogP) is 5.82. The van der Waals surface area contributed by atoms with Crippen LogP contribution in [0.3, 0.4) is 0 Å². The van der Waals surface area contributed by atoms with E-state index in [1.165, 1.54) is 6.07 Å². The highest BCUT2D eigenvalue weighted by atomic mass is 35.5. The number of amidine groups is 1. The van der Waals surface area contributed by atoms with Gasteiger partial charge in [0.05, 0.1) is 21.2 Å². The van der Waals surface area contributed by atoms with Crippen LogP contribution in [-0.4, -0.2) is 17.7 Å². The minimum absolute atomic E-state index is 0.0366. The van der Waals surface area contributed by atoms with Crippen molar-refractivity contribution in [2.75, 3.05) is 6.61 Å². The Morgan fingerprint density at radius 1 is 1.21 bits per heavy atom. The monoisotopic (exact) mass is 438 g/mol. The Kier molecular flexibility index (Phi) is 6.34. The van der Waals surface area contributed by atoms with E-state index < -0.39 is 16.8 Å². The number of hydrogen-bond donors (Lipinski definition) is 1. The summed E-state index contributed by atoms with van der Waals surface area (Å²) in [5, 5.41) is 2.31. The molecule has 2 aromatic rings. The molecule has 1 heterocycles. The molecule has 0 bridgehead atoms. The van der Waals surface area contributed by atoms with Crippen molar-refractivity contribution in [3.63, 3.8) is 0 Å². The third kappa shape index (κ3) is 5.42. The molecule has 1 aliphatic rings. The molecule has 0 aliphatic carbocycles. The fourth-order valence-electron chi connectivity index (χ4n) is 2.36. The third-order valence-electron chi connectivity index (χ3n) is 3.68. The number of carbonyl (C=O) groups excluding carboxylic acids is 1. The van der Waals surface area contributed by atoms with E-state index in [1.54, 1.807) is 36.4 Å². The van der Waals surface area contributed by atoms with Crippen molar-refractivity contribution in [3.8, 4) is 5.75 Å². The number of carbonyl (C=O) groups is 1. The summed E-state index contributed by atoms with van der Waals surface area (Å²) >= 11 is 6.64. The molecule has 150 valence electrons. The van der Waals surface area contributed by atoms with Crippen LogP contribution in [0.25, 0.3) is 6.08 Å². The van der Waals surface area contributed by atoms with Crippen LogP contribution in [-0.2, 0) is 11.0 Å². The summed E-state index contributed by atoms with van der Waals surface area (Å²) in [6, 6.07) is 10.4. The standard InChI is InChI=1S/C20H14ClF3N2O2S/c1-2-9-28-14-6-3-12(4-7-14)10-17-18(27)26-19(29-17)25-13-5-8-16(21)15(11-13)20(22,23)24/h2-8,10-11H,1,9H2,(H,25,26,27)/b17-10-. The van der Waals surface area contributed by atoms with Crippen molar-refractivity contribution >= 4 is 46.2 Å². The van der Waals surface area contributed by atoms with Gasteiger partial charge in [0.15, 0.2) is 5.17 Å². The van der Waals surface area contributed by atoms with Crippen LogP contribution in [0.4, 0.5) is 18.9 Å². The Labute approximate surface area is 174 Å². The summed E-state index contributed by atoms with van der Waals surface area (Å²) in [6.07, 6.45) is -1.30. The summed E-state index contributed by atoms with van der Waals surface area (Å²) < 4.78 is 44.3. The molecule has 2 aromatic carbocycles. The van der Waals surface area contributed by atoms with E-state index in [9.17, 15) is 18.0 Å². The molecule has 0 radical (unpaired) electrons. The summed E-state index contributed by atoms with van der Waals surface area (Å²) in [5.74, 6) is 0.284. The van der Waals surface area contributed by atoms with E-state index in [2.05, 4.69) is 16.9 Å². The number of halogens is 4. The number of amides is 1. The van der Waals surface area contributed by atoms with E-state index in [1.807, 2.05) is 0 Å². The van der Waals surface area contributed by atoms with Gasteiger partial charge in [-0.2, -0.15) is 13.2 Å². The van der Waals surface area contributed by atoms with Gasteiger partial charge in [0.25, 0.3) is 5.91 Å². The first-order chi connectivity index (χ1) is 13.8. The van der Waals surface area contributed by atoms with Crippen molar-refractivity contribution in [2.24, 2.45) is 4.99 Å². The number of aliphatic imine (C=N–C) groups is 1. The largest absolute Gasteiger partial charge is 0.490 e. The van der Waals surface area contributed by atoms with E-state index in [4.69, 9.17) is 16.3 Å². The van der Waals surface area contributed by atoms with Gasteiger partial charge in [0.2, 0.25) is 0 Å². The zero-order valence-corrected chi connectivity index (χ0v) is 16.4. The molecule has 0 atom stereocenters. The molecule has 0 spiro atoms. The van der Waals surface area contributed by atoms with E-state index in [0.29, 0.717) is 17.3 Å². The Bertz CT molecular complexity index is 1000. The van der Waals surface area contributed by atoms with Crippen LogP contribution in [0.5, 0.6) is 5.75 Å². The second-order valence-corrected chi connectivity index (χ2v) is 7.25. The summed E-state index contributed by atoms with van der Waals surface area (Å²) in [4.78, 5) is 16.6. The first-order valence-corrected chi connectivity index (χ1v) is 9.46. The maximum Gasteiger partial charge on any atom is 0.417 e. The van der Waals surface area contributed by atoms with Gasteiger partial charge in [-0.15, -0.1) is 0 Å². The smallest absolute Gasteiger partial charge is 0.417 e. The molecule has 1 aliphatic heterocycles. The molecule has 1 fully saturated rings. The van der Waals surface area contributed by atoms with Crippen molar-refractivity contribution in [2.45, 2.75) is 6.18 Å². The number of ether oxygens (including phenoxy) is 1. The molecule has 3 rings (SSSR count). The Morgan fingerprint density at radius 3 is 2.59 bits per heavy atom. The van der Waals surface area contributed by atoms with Crippen LogP contribution in [0.15, 0.2) is 65.0 Å². The molecule has 29 heavy (non-hydrogen) atoms. The Morgan fingerprint density at radius 2 is 1.93 bits per heavy atom. The lowest BCUT2D eigenvalue weighted by Gasteiger charge is -2.09. The predicted molar refractivity (Wildman–Crippen MR) is 109 cm³/mol. The van der Waals surface area contributed by atoms with Gasteiger partial charge in [-0.3, -0.25) is 4.79 Å². The maximum absolute atomic E-state index is 13.0. The van der Waals surface area contributed by atoms with E-state index >= 15 is 0 Å². The molecular formula is C20H14ClF3N2O2S. The quantitative estimate of drug-likeness (QED) is 0.473. The zero-order chi connectivity index (χ0) is 21.0. The van der Waals surface area contributed by atoms with Gasteiger partial charge < -0.3 is 10.1 Å². The number of alkyl halides is 3. The second-order valence-electron chi connectivity index (χ2n) is 5.81. The number of hydrogen-bond acceptors (Lipinski definition) is 4. The molecular weight excluding hydrogens is 425 g/mol. The summed E-state index contributed by atoms with van der Waals surface area (Å²) in [7, 11) is 0. The normalized spacial score (nSPS) is 16.9. The van der Waals surface area contributed by atoms with Crippen LogP contribution in [0, 0.1) is 0 Å². The van der Waals surface area contributed by atoms with Gasteiger partial charge in [0.1, 0.15) is 12.4 Å². The van der Waals surface area contributed by atoms with Crippen LogP contribution < -0.4 is 10.1 Å². The number of thioether (sulfide) groups is 1.